The third kappa shape index (κ3) is 3.30. The van der Waals surface area contributed by atoms with Crippen LogP contribution in [0.5, 0.6) is 11.5 Å². The molecule has 1 aliphatic rings. The lowest BCUT2D eigenvalue weighted by atomic mass is 9.92. The van der Waals surface area contributed by atoms with Crippen LogP contribution in [0.1, 0.15) is 11.1 Å². The molecular formula is C22H18N2O3. The number of hydrogen-bond acceptors (Lipinski definition) is 4. The zero-order chi connectivity index (χ0) is 18.8. The second-order valence-corrected chi connectivity index (χ2v) is 6.51. The standard InChI is InChI=1S/C22H18N2O3/c1-26-20-10-15-7-17-8-18(12-23)22(25)24-19(17)9-16(15)11-21(20)27-13-14-5-3-2-4-6-14/h2-7,9-11,18H,8,13H2,1H3,(H,24,25). The monoisotopic (exact) mass is 358 g/mol. The van der Waals surface area contributed by atoms with E-state index in [9.17, 15) is 4.79 Å². The van der Waals surface area contributed by atoms with Crippen molar-refractivity contribution < 1.29 is 14.3 Å². The van der Waals surface area contributed by atoms with Gasteiger partial charge < -0.3 is 14.8 Å². The van der Waals surface area contributed by atoms with Crippen LogP contribution in [0.2, 0.25) is 0 Å². The molecule has 3 aromatic rings. The molecule has 0 saturated carbocycles. The lowest BCUT2D eigenvalue weighted by molar-refractivity contribution is -0.118. The van der Waals surface area contributed by atoms with E-state index in [-0.39, 0.29) is 5.91 Å². The molecule has 0 fully saturated rings. The van der Waals surface area contributed by atoms with Crippen molar-refractivity contribution in [1.29, 1.82) is 5.26 Å². The van der Waals surface area contributed by atoms with Gasteiger partial charge in [-0.1, -0.05) is 30.3 Å². The van der Waals surface area contributed by atoms with Crippen LogP contribution in [0.25, 0.3) is 10.8 Å². The molecule has 5 nitrogen and oxygen atoms in total. The van der Waals surface area contributed by atoms with Gasteiger partial charge in [0, 0.05) is 5.69 Å². The molecule has 0 radical (unpaired) electrons. The van der Waals surface area contributed by atoms with Crippen molar-refractivity contribution >= 4 is 22.4 Å². The summed E-state index contributed by atoms with van der Waals surface area (Å²) >= 11 is 0. The molecule has 0 aromatic heterocycles. The van der Waals surface area contributed by atoms with Gasteiger partial charge in [-0.3, -0.25) is 4.79 Å². The Hall–Kier alpha value is -3.52. The lowest BCUT2D eigenvalue weighted by Crippen LogP contribution is -2.28. The molecule has 134 valence electrons. The van der Waals surface area contributed by atoms with Crippen LogP contribution in [0.4, 0.5) is 5.69 Å². The number of carbonyl (C=O) groups excluding carboxylic acids is 1. The normalized spacial score (nSPS) is 15.6. The van der Waals surface area contributed by atoms with Crippen LogP contribution in [0, 0.1) is 17.2 Å². The number of fused-ring (bicyclic) bond motifs is 2. The fourth-order valence-electron chi connectivity index (χ4n) is 3.28. The fraction of sp³-hybridized carbons (Fsp3) is 0.182. The number of nitrogens with one attached hydrogen (secondary N) is 1. The number of methoxy groups -OCH3 is 1. The minimum absolute atomic E-state index is 0.251. The predicted molar refractivity (Wildman–Crippen MR) is 103 cm³/mol. The van der Waals surface area contributed by atoms with Crippen LogP contribution in [-0.2, 0) is 17.8 Å². The first-order chi connectivity index (χ1) is 13.2. The van der Waals surface area contributed by atoms with E-state index >= 15 is 0 Å². The third-order valence-electron chi connectivity index (χ3n) is 4.74. The average molecular weight is 358 g/mol. The highest BCUT2D eigenvalue weighted by Gasteiger charge is 2.26. The Balaban J connectivity index is 1.69. The minimum atomic E-state index is -0.648. The summed E-state index contributed by atoms with van der Waals surface area (Å²) in [5.41, 5.74) is 2.77. The molecule has 1 heterocycles. The van der Waals surface area contributed by atoms with Gasteiger partial charge in [-0.05, 0) is 52.6 Å². The van der Waals surface area contributed by atoms with E-state index in [0.29, 0.717) is 24.5 Å². The first kappa shape index (κ1) is 16.9. The molecular weight excluding hydrogens is 340 g/mol. The molecule has 5 heteroatoms. The molecule has 0 spiro atoms. The van der Waals surface area contributed by atoms with Gasteiger partial charge in [-0.2, -0.15) is 5.26 Å². The molecule has 1 aliphatic heterocycles. The van der Waals surface area contributed by atoms with Crippen molar-refractivity contribution in [2.45, 2.75) is 13.0 Å². The van der Waals surface area contributed by atoms with Crippen molar-refractivity contribution in [3.63, 3.8) is 0 Å². The Kier molecular flexibility index (Phi) is 4.39. The van der Waals surface area contributed by atoms with Gasteiger partial charge in [0.1, 0.15) is 12.5 Å². The highest BCUT2D eigenvalue weighted by molar-refractivity contribution is 6.00. The molecule has 0 saturated heterocycles. The number of ether oxygens (including phenoxy) is 2. The molecule has 1 N–H and O–H groups in total. The molecule has 3 aromatic carbocycles. The largest absolute Gasteiger partial charge is 0.493 e. The fourth-order valence-corrected chi connectivity index (χ4v) is 3.28. The number of benzene rings is 3. The number of carbonyl (C=O) groups is 1. The summed E-state index contributed by atoms with van der Waals surface area (Å²) in [5, 5.41) is 13.9. The smallest absolute Gasteiger partial charge is 0.242 e. The maximum Gasteiger partial charge on any atom is 0.242 e. The molecule has 4 rings (SSSR count). The van der Waals surface area contributed by atoms with Crippen LogP contribution < -0.4 is 14.8 Å². The van der Waals surface area contributed by atoms with E-state index < -0.39 is 5.92 Å². The highest BCUT2D eigenvalue weighted by atomic mass is 16.5. The first-order valence-corrected chi connectivity index (χ1v) is 8.70. The topological polar surface area (TPSA) is 71.3 Å². The Morgan fingerprint density at radius 1 is 1.11 bits per heavy atom. The van der Waals surface area contributed by atoms with Gasteiger partial charge in [-0.15, -0.1) is 0 Å². The number of hydrogen-bond donors (Lipinski definition) is 1. The summed E-state index contributed by atoms with van der Waals surface area (Å²) in [7, 11) is 1.61. The van der Waals surface area contributed by atoms with E-state index in [4.69, 9.17) is 14.7 Å². The summed E-state index contributed by atoms with van der Waals surface area (Å²) in [6.07, 6.45) is 0.419. The lowest BCUT2D eigenvalue weighted by Gasteiger charge is -2.21. The summed E-state index contributed by atoms with van der Waals surface area (Å²) in [5.74, 6) is 0.393. The predicted octanol–water partition coefficient (Wildman–Crippen LogP) is 4.06. The zero-order valence-corrected chi connectivity index (χ0v) is 14.9. The Bertz CT molecular complexity index is 1050. The summed E-state index contributed by atoms with van der Waals surface area (Å²) < 4.78 is 11.5. The van der Waals surface area contributed by atoms with Gasteiger partial charge in [0.15, 0.2) is 11.5 Å². The van der Waals surface area contributed by atoms with Crippen molar-refractivity contribution in [2.24, 2.45) is 5.92 Å². The van der Waals surface area contributed by atoms with E-state index in [1.807, 2.05) is 60.7 Å². The second kappa shape index (κ2) is 7.00. The number of nitriles is 1. The van der Waals surface area contributed by atoms with E-state index in [0.717, 1.165) is 27.6 Å². The average Bonchev–Trinajstić information content (AvgIpc) is 2.70. The van der Waals surface area contributed by atoms with Gasteiger partial charge in [0.25, 0.3) is 0 Å². The van der Waals surface area contributed by atoms with E-state index in [1.54, 1.807) is 7.11 Å². The Morgan fingerprint density at radius 3 is 2.59 bits per heavy atom. The van der Waals surface area contributed by atoms with Crippen LogP contribution in [0.3, 0.4) is 0 Å². The quantitative estimate of drug-likeness (QED) is 0.763. The SMILES string of the molecule is COc1cc2cc3c(cc2cc1OCc1ccccc1)NC(=O)C(C#N)C3. The second-order valence-electron chi connectivity index (χ2n) is 6.51. The number of anilines is 1. The third-order valence-corrected chi connectivity index (χ3v) is 4.74. The number of amides is 1. The van der Waals surface area contributed by atoms with Crippen LogP contribution in [-0.4, -0.2) is 13.0 Å². The minimum Gasteiger partial charge on any atom is -0.493 e. The van der Waals surface area contributed by atoms with Crippen molar-refractivity contribution in [3.8, 4) is 17.6 Å². The van der Waals surface area contributed by atoms with Gasteiger partial charge in [-0.25, -0.2) is 0 Å². The summed E-state index contributed by atoms with van der Waals surface area (Å²) in [4.78, 5) is 12.0. The maximum atomic E-state index is 12.0. The van der Waals surface area contributed by atoms with E-state index in [1.165, 1.54) is 0 Å². The first-order valence-electron chi connectivity index (χ1n) is 8.70. The van der Waals surface area contributed by atoms with Crippen molar-refractivity contribution in [1.82, 2.24) is 0 Å². The maximum absolute atomic E-state index is 12.0. The number of nitrogens with zero attached hydrogens (tertiary/aromatic N) is 1. The molecule has 0 bridgehead atoms. The molecule has 27 heavy (non-hydrogen) atoms. The molecule has 1 unspecified atom stereocenters. The van der Waals surface area contributed by atoms with Crippen molar-refractivity contribution in [3.05, 3.63) is 65.7 Å². The number of rotatable bonds is 4. The Morgan fingerprint density at radius 2 is 1.85 bits per heavy atom. The van der Waals surface area contributed by atoms with Crippen LogP contribution >= 0.6 is 0 Å². The molecule has 1 atom stereocenters. The highest BCUT2D eigenvalue weighted by Crippen LogP contribution is 2.37. The summed E-state index contributed by atoms with van der Waals surface area (Å²) in [6.45, 7) is 0.439. The van der Waals surface area contributed by atoms with Gasteiger partial charge >= 0.3 is 0 Å². The molecule has 1 amide bonds. The molecule has 0 aliphatic carbocycles. The van der Waals surface area contributed by atoms with E-state index in [2.05, 4.69) is 5.32 Å². The summed E-state index contributed by atoms with van der Waals surface area (Å²) in [6, 6.07) is 19.7. The Labute approximate surface area is 157 Å². The van der Waals surface area contributed by atoms with Crippen LogP contribution in [0.15, 0.2) is 54.6 Å². The van der Waals surface area contributed by atoms with Gasteiger partial charge in [0.05, 0.1) is 13.2 Å². The zero-order valence-electron chi connectivity index (χ0n) is 14.9. The van der Waals surface area contributed by atoms with Crippen molar-refractivity contribution in [2.75, 3.05) is 12.4 Å². The van der Waals surface area contributed by atoms with Gasteiger partial charge in [0.2, 0.25) is 5.91 Å².